The Morgan fingerprint density at radius 2 is 2.26 bits per heavy atom. The number of nitrogens with zero attached hydrogens (tertiary/aromatic N) is 1. The van der Waals surface area contributed by atoms with Crippen molar-refractivity contribution < 1.29 is 14.7 Å². The fraction of sp³-hybridized carbons (Fsp3) is 0.556. The van der Waals surface area contributed by atoms with Crippen LogP contribution in [-0.4, -0.2) is 41.0 Å². The molecule has 3 rings (SSSR count). The summed E-state index contributed by atoms with van der Waals surface area (Å²) in [6.45, 7) is 3.25. The third kappa shape index (κ3) is 3.72. The second-order valence-corrected chi connectivity index (χ2v) is 6.74. The fourth-order valence-corrected chi connectivity index (χ4v) is 3.32. The number of hydrogen-bond donors (Lipinski definition) is 2. The normalized spacial score (nSPS) is 23.6. The number of β-amino-alcohol motifs (C(OH)–C–C–N with tert-alkyl or cyclic N) is 1. The number of carbonyl (C=O) groups is 2. The van der Waals surface area contributed by atoms with E-state index >= 15 is 0 Å². The minimum Gasteiger partial charge on any atom is -0.391 e. The van der Waals surface area contributed by atoms with Crippen LogP contribution in [0.5, 0.6) is 0 Å². The molecule has 2 heterocycles. The summed E-state index contributed by atoms with van der Waals surface area (Å²) < 4.78 is 0. The van der Waals surface area contributed by atoms with E-state index in [9.17, 15) is 14.7 Å². The molecule has 0 aliphatic carbocycles. The molecule has 5 nitrogen and oxygen atoms in total. The summed E-state index contributed by atoms with van der Waals surface area (Å²) in [5.41, 5.74) is 3.12. The van der Waals surface area contributed by atoms with Gasteiger partial charge in [0.15, 0.2) is 0 Å². The zero-order valence-electron chi connectivity index (χ0n) is 13.5. The molecule has 2 atom stereocenters. The highest BCUT2D eigenvalue weighted by molar-refractivity contribution is 5.99. The predicted octanol–water partition coefficient (Wildman–Crippen LogP) is 1.73. The van der Waals surface area contributed by atoms with E-state index in [4.69, 9.17) is 0 Å². The van der Waals surface area contributed by atoms with Crippen LogP contribution in [-0.2, 0) is 22.4 Å². The van der Waals surface area contributed by atoms with Crippen LogP contribution in [0.25, 0.3) is 0 Å². The summed E-state index contributed by atoms with van der Waals surface area (Å²) in [5, 5.41) is 12.7. The molecule has 0 spiro atoms. The quantitative estimate of drug-likeness (QED) is 0.889. The first kappa shape index (κ1) is 16.0. The van der Waals surface area contributed by atoms with E-state index in [2.05, 4.69) is 11.4 Å². The van der Waals surface area contributed by atoms with Crippen LogP contribution in [0.3, 0.4) is 0 Å². The molecule has 5 heteroatoms. The monoisotopic (exact) mass is 316 g/mol. The molecule has 124 valence electrons. The van der Waals surface area contributed by atoms with Gasteiger partial charge in [-0.3, -0.25) is 9.59 Å². The molecule has 1 aromatic rings. The second-order valence-electron chi connectivity index (χ2n) is 6.74. The molecule has 2 amide bonds. The summed E-state index contributed by atoms with van der Waals surface area (Å²) in [4.78, 5) is 25.4. The molecule has 2 N–H and O–H groups in total. The summed E-state index contributed by atoms with van der Waals surface area (Å²) in [6.07, 6.45) is 3.07. The number of hydrogen-bond acceptors (Lipinski definition) is 3. The Kier molecular flexibility index (Phi) is 4.66. The Labute approximate surface area is 136 Å². The number of aryl methyl sites for hydroxylation is 1. The van der Waals surface area contributed by atoms with Gasteiger partial charge in [-0.05, 0) is 42.4 Å². The Bertz CT molecular complexity index is 614. The molecular formula is C18H24N2O3. The average molecular weight is 316 g/mol. The molecule has 2 aliphatic rings. The number of rotatable bonds is 4. The number of likely N-dealkylation sites (tertiary alicyclic amines) is 1. The van der Waals surface area contributed by atoms with Crippen LogP contribution in [0, 0.1) is 5.92 Å². The first-order valence-electron chi connectivity index (χ1n) is 8.40. The van der Waals surface area contributed by atoms with Crippen molar-refractivity contribution in [1.29, 1.82) is 0 Å². The van der Waals surface area contributed by atoms with Gasteiger partial charge in [-0.2, -0.15) is 0 Å². The number of benzene rings is 1. The topological polar surface area (TPSA) is 69.6 Å². The standard InChI is InChI=1S/C18H24N2O3/c1-12-7-8-20(11-16(12)21)18(23)4-2-3-13-5-6-15-14(9-13)10-17(22)19-15/h5-6,9,12,16,21H,2-4,7-8,10-11H2,1H3,(H,19,22). The van der Waals surface area contributed by atoms with Crippen molar-refractivity contribution in [2.45, 2.75) is 45.1 Å². The van der Waals surface area contributed by atoms with Crippen molar-refractivity contribution in [1.82, 2.24) is 4.90 Å². The lowest BCUT2D eigenvalue weighted by Gasteiger charge is -2.34. The number of fused-ring (bicyclic) bond motifs is 1. The van der Waals surface area contributed by atoms with E-state index in [1.54, 1.807) is 4.90 Å². The lowest BCUT2D eigenvalue weighted by Crippen LogP contribution is -2.45. The molecule has 0 saturated carbocycles. The third-order valence-corrected chi connectivity index (χ3v) is 4.92. The van der Waals surface area contributed by atoms with Crippen LogP contribution in [0.1, 0.15) is 37.3 Å². The summed E-state index contributed by atoms with van der Waals surface area (Å²) >= 11 is 0. The Balaban J connectivity index is 1.47. The number of aliphatic hydroxyl groups is 1. The van der Waals surface area contributed by atoms with Gasteiger partial charge in [0.1, 0.15) is 0 Å². The molecule has 0 bridgehead atoms. The van der Waals surface area contributed by atoms with E-state index in [1.165, 1.54) is 5.56 Å². The highest BCUT2D eigenvalue weighted by atomic mass is 16.3. The average Bonchev–Trinajstić information content (AvgIpc) is 2.89. The van der Waals surface area contributed by atoms with Crippen molar-refractivity contribution in [2.75, 3.05) is 18.4 Å². The number of nitrogens with one attached hydrogen (secondary N) is 1. The maximum atomic E-state index is 12.2. The maximum Gasteiger partial charge on any atom is 0.228 e. The van der Waals surface area contributed by atoms with E-state index in [0.29, 0.717) is 19.4 Å². The van der Waals surface area contributed by atoms with Gasteiger partial charge in [0.05, 0.1) is 12.5 Å². The Morgan fingerprint density at radius 3 is 3.04 bits per heavy atom. The largest absolute Gasteiger partial charge is 0.391 e. The fourth-order valence-electron chi connectivity index (χ4n) is 3.32. The van der Waals surface area contributed by atoms with Crippen LogP contribution in [0.15, 0.2) is 18.2 Å². The highest BCUT2D eigenvalue weighted by Gasteiger charge is 2.26. The van der Waals surface area contributed by atoms with Crippen LogP contribution in [0.2, 0.25) is 0 Å². The minimum atomic E-state index is -0.394. The number of anilines is 1. The van der Waals surface area contributed by atoms with Gasteiger partial charge in [-0.1, -0.05) is 19.1 Å². The molecule has 0 radical (unpaired) electrons. The van der Waals surface area contributed by atoms with Gasteiger partial charge in [-0.15, -0.1) is 0 Å². The lowest BCUT2D eigenvalue weighted by molar-refractivity contribution is -0.135. The van der Waals surface area contributed by atoms with Gasteiger partial charge in [-0.25, -0.2) is 0 Å². The Hall–Kier alpha value is -1.88. The number of piperidine rings is 1. The molecule has 2 unspecified atom stereocenters. The van der Waals surface area contributed by atoms with Crippen molar-refractivity contribution in [3.63, 3.8) is 0 Å². The lowest BCUT2D eigenvalue weighted by atomic mass is 9.95. The van der Waals surface area contributed by atoms with Gasteiger partial charge < -0.3 is 15.3 Å². The number of amides is 2. The van der Waals surface area contributed by atoms with Crippen molar-refractivity contribution in [2.24, 2.45) is 5.92 Å². The highest BCUT2D eigenvalue weighted by Crippen LogP contribution is 2.24. The van der Waals surface area contributed by atoms with Crippen LogP contribution < -0.4 is 5.32 Å². The molecule has 2 aliphatic heterocycles. The third-order valence-electron chi connectivity index (χ3n) is 4.92. The van der Waals surface area contributed by atoms with E-state index in [0.717, 1.165) is 37.1 Å². The van der Waals surface area contributed by atoms with Gasteiger partial charge in [0.25, 0.3) is 0 Å². The molecule has 0 aromatic heterocycles. The summed E-state index contributed by atoms with van der Waals surface area (Å²) in [6, 6.07) is 6.02. The zero-order chi connectivity index (χ0) is 16.4. The summed E-state index contributed by atoms with van der Waals surface area (Å²) in [7, 11) is 0. The predicted molar refractivity (Wildman–Crippen MR) is 88.1 cm³/mol. The van der Waals surface area contributed by atoms with Crippen molar-refractivity contribution in [3.8, 4) is 0 Å². The first-order valence-corrected chi connectivity index (χ1v) is 8.40. The summed E-state index contributed by atoms with van der Waals surface area (Å²) in [5.74, 6) is 0.459. The smallest absolute Gasteiger partial charge is 0.228 e. The van der Waals surface area contributed by atoms with Crippen LogP contribution in [0.4, 0.5) is 5.69 Å². The van der Waals surface area contributed by atoms with E-state index in [-0.39, 0.29) is 17.7 Å². The number of carbonyl (C=O) groups excluding carboxylic acids is 2. The van der Waals surface area contributed by atoms with Crippen molar-refractivity contribution >= 4 is 17.5 Å². The van der Waals surface area contributed by atoms with Gasteiger partial charge in [0, 0.05) is 25.2 Å². The minimum absolute atomic E-state index is 0.0465. The SMILES string of the molecule is CC1CCN(C(=O)CCCc2ccc3c(c2)CC(=O)N3)CC1O. The van der Waals surface area contributed by atoms with Gasteiger partial charge >= 0.3 is 0 Å². The molecule has 23 heavy (non-hydrogen) atoms. The second kappa shape index (κ2) is 6.71. The van der Waals surface area contributed by atoms with Crippen molar-refractivity contribution in [3.05, 3.63) is 29.3 Å². The molecular weight excluding hydrogens is 292 g/mol. The molecule has 1 aromatic carbocycles. The van der Waals surface area contributed by atoms with Gasteiger partial charge in [0.2, 0.25) is 11.8 Å². The molecule has 1 fully saturated rings. The Morgan fingerprint density at radius 1 is 1.43 bits per heavy atom. The number of aliphatic hydroxyl groups excluding tert-OH is 1. The zero-order valence-corrected chi connectivity index (χ0v) is 13.5. The first-order chi connectivity index (χ1) is 11.0. The van der Waals surface area contributed by atoms with E-state index in [1.807, 2.05) is 19.1 Å². The molecule has 1 saturated heterocycles. The van der Waals surface area contributed by atoms with Crippen LogP contribution >= 0.6 is 0 Å². The van der Waals surface area contributed by atoms with E-state index < -0.39 is 6.10 Å². The maximum absolute atomic E-state index is 12.2.